The highest BCUT2D eigenvalue weighted by Gasteiger charge is 2.14. The summed E-state index contributed by atoms with van der Waals surface area (Å²) in [7, 11) is -3.78. The molecule has 21 heavy (non-hydrogen) atoms. The molecule has 1 amide bonds. The van der Waals surface area contributed by atoms with Crippen molar-refractivity contribution in [3.8, 4) is 11.1 Å². The maximum atomic E-state index is 11.6. The molecule has 110 valence electrons. The third-order valence-electron chi connectivity index (χ3n) is 2.99. The largest absolute Gasteiger partial charge is 0.326 e. The zero-order valence-electron chi connectivity index (χ0n) is 11.5. The van der Waals surface area contributed by atoms with E-state index in [2.05, 4.69) is 5.32 Å². The zero-order valence-corrected chi connectivity index (χ0v) is 12.4. The molecule has 6 heteroatoms. The second-order valence-corrected chi connectivity index (χ2v) is 6.05. The van der Waals surface area contributed by atoms with Crippen molar-refractivity contribution >= 4 is 21.6 Å². The van der Waals surface area contributed by atoms with Crippen LogP contribution >= 0.6 is 0 Å². The van der Waals surface area contributed by atoms with E-state index in [0.29, 0.717) is 23.2 Å². The summed E-state index contributed by atoms with van der Waals surface area (Å²) in [6, 6.07) is 13.5. The molecule has 0 aliphatic carbocycles. The van der Waals surface area contributed by atoms with Crippen molar-refractivity contribution in [1.82, 2.24) is 0 Å². The molecule has 0 radical (unpaired) electrons. The molecule has 0 unspecified atom stereocenters. The standard InChI is InChI=1S/C15H16N2O3S/c1-2-15(18)17-12-9-7-11(8-10-12)13-5-3-4-6-14(13)21(16,19)20/h3-10H,2H2,1H3,(H,17,18)(H2,16,19,20). The first-order valence-corrected chi connectivity index (χ1v) is 7.98. The Labute approximate surface area is 123 Å². The molecule has 0 bridgehead atoms. The van der Waals surface area contributed by atoms with Crippen molar-refractivity contribution in [3.05, 3.63) is 48.5 Å². The molecule has 0 saturated carbocycles. The third-order valence-corrected chi connectivity index (χ3v) is 3.96. The van der Waals surface area contributed by atoms with E-state index in [-0.39, 0.29) is 10.8 Å². The quantitative estimate of drug-likeness (QED) is 0.908. The Hall–Kier alpha value is -2.18. The van der Waals surface area contributed by atoms with Crippen molar-refractivity contribution in [2.45, 2.75) is 18.2 Å². The number of primary sulfonamides is 1. The summed E-state index contributed by atoms with van der Waals surface area (Å²) < 4.78 is 23.2. The SMILES string of the molecule is CCC(=O)Nc1ccc(-c2ccccc2S(N)(=O)=O)cc1. The molecule has 0 heterocycles. The minimum absolute atomic E-state index is 0.0762. The van der Waals surface area contributed by atoms with Gasteiger partial charge < -0.3 is 5.32 Å². The molecular weight excluding hydrogens is 288 g/mol. The number of sulfonamides is 1. The first-order valence-electron chi connectivity index (χ1n) is 6.44. The maximum absolute atomic E-state index is 11.6. The number of amides is 1. The van der Waals surface area contributed by atoms with E-state index in [1.165, 1.54) is 6.07 Å². The van der Waals surface area contributed by atoms with Gasteiger partial charge in [-0.3, -0.25) is 4.79 Å². The number of hydrogen-bond acceptors (Lipinski definition) is 3. The second-order valence-electron chi connectivity index (χ2n) is 4.52. The molecule has 2 aromatic carbocycles. The molecule has 5 nitrogen and oxygen atoms in total. The Morgan fingerprint density at radius 2 is 1.71 bits per heavy atom. The van der Waals surface area contributed by atoms with E-state index in [9.17, 15) is 13.2 Å². The minimum Gasteiger partial charge on any atom is -0.326 e. The fraction of sp³-hybridized carbons (Fsp3) is 0.133. The van der Waals surface area contributed by atoms with Crippen molar-refractivity contribution in [1.29, 1.82) is 0 Å². The molecule has 0 atom stereocenters. The van der Waals surface area contributed by atoms with Gasteiger partial charge in [-0.25, -0.2) is 13.6 Å². The minimum atomic E-state index is -3.78. The van der Waals surface area contributed by atoms with Crippen molar-refractivity contribution in [2.75, 3.05) is 5.32 Å². The lowest BCUT2D eigenvalue weighted by Gasteiger charge is -2.09. The van der Waals surface area contributed by atoms with E-state index < -0.39 is 10.0 Å². The first-order chi connectivity index (χ1) is 9.91. The molecule has 0 spiro atoms. The van der Waals surface area contributed by atoms with Crippen LogP contribution in [0.5, 0.6) is 0 Å². The summed E-state index contributed by atoms with van der Waals surface area (Å²) >= 11 is 0. The van der Waals surface area contributed by atoms with Crippen LogP contribution in [-0.2, 0) is 14.8 Å². The van der Waals surface area contributed by atoms with E-state index >= 15 is 0 Å². The number of carbonyl (C=O) groups excluding carboxylic acids is 1. The Balaban J connectivity index is 2.38. The molecule has 3 N–H and O–H groups in total. The second kappa shape index (κ2) is 6.07. The lowest BCUT2D eigenvalue weighted by Crippen LogP contribution is -2.13. The Morgan fingerprint density at radius 1 is 1.10 bits per heavy atom. The summed E-state index contributed by atoms with van der Waals surface area (Å²) in [5, 5.41) is 7.96. The Kier molecular flexibility index (Phi) is 4.40. The number of hydrogen-bond donors (Lipinski definition) is 2. The topological polar surface area (TPSA) is 89.3 Å². The van der Waals surface area contributed by atoms with Gasteiger partial charge in [0.15, 0.2) is 0 Å². The van der Waals surface area contributed by atoms with Gasteiger partial charge in [0.25, 0.3) is 0 Å². The number of rotatable bonds is 4. The van der Waals surface area contributed by atoms with Crippen LogP contribution in [-0.4, -0.2) is 14.3 Å². The predicted octanol–water partition coefficient (Wildman–Crippen LogP) is 2.35. The number of nitrogens with two attached hydrogens (primary N) is 1. The average molecular weight is 304 g/mol. The van der Waals surface area contributed by atoms with Crippen LogP contribution in [0.25, 0.3) is 11.1 Å². The van der Waals surface area contributed by atoms with Crippen molar-refractivity contribution in [2.24, 2.45) is 5.14 Å². The lowest BCUT2D eigenvalue weighted by atomic mass is 10.1. The molecule has 0 saturated heterocycles. The number of benzene rings is 2. The monoisotopic (exact) mass is 304 g/mol. The van der Waals surface area contributed by atoms with Crippen LogP contribution in [0.3, 0.4) is 0 Å². The van der Waals surface area contributed by atoms with Crippen LogP contribution in [0.2, 0.25) is 0 Å². The van der Waals surface area contributed by atoms with Crippen LogP contribution < -0.4 is 10.5 Å². The molecule has 0 fully saturated rings. The fourth-order valence-electron chi connectivity index (χ4n) is 1.94. The molecule has 2 aromatic rings. The van der Waals surface area contributed by atoms with Crippen LogP contribution in [0.15, 0.2) is 53.4 Å². The van der Waals surface area contributed by atoms with E-state index in [4.69, 9.17) is 5.14 Å². The van der Waals surface area contributed by atoms with E-state index in [0.717, 1.165) is 0 Å². The summed E-state index contributed by atoms with van der Waals surface area (Å²) in [5.41, 5.74) is 1.92. The van der Waals surface area contributed by atoms with Crippen LogP contribution in [0.4, 0.5) is 5.69 Å². The van der Waals surface area contributed by atoms with Gasteiger partial charge in [0.2, 0.25) is 15.9 Å². The van der Waals surface area contributed by atoms with Gasteiger partial charge in [0, 0.05) is 17.7 Å². The predicted molar refractivity (Wildman–Crippen MR) is 82.2 cm³/mol. The molecule has 2 rings (SSSR count). The molecule has 0 aromatic heterocycles. The molecule has 0 aliphatic rings. The third kappa shape index (κ3) is 3.68. The normalized spacial score (nSPS) is 11.1. The van der Waals surface area contributed by atoms with E-state index in [1.807, 2.05) is 0 Å². The Morgan fingerprint density at radius 3 is 2.29 bits per heavy atom. The maximum Gasteiger partial charge on any atom is 0.238 e. The van der Waals surface area contributed by atoms with E-state index in [1.54, 1.807) is 49.4 Å². The van der Waals surface area contributed by atoms with Crippen LogP contribution in [0, 0.1) is 0 Å². The van der Waals surface area contributed by atoms with Gasteiger partial charge in [-0.1, -0.05) is 37.3 Å². The van der Waals surface area contributed by atoms with Crippen molar-refractivity contribution in [3.63, 3.8) is 0 Å². The average Bonchev–Trinajstić information content (AvgIpc) is 2.47. The van der Waals surface area contributed by atoms with Gasteiger partial charge in [-0.2, -0.15) is 0 Å². The van der Waals surface area contributed by atoms with Gasteiger partial charge >= 0.3 is 0 Å². The highest BCUT2D eigenvalue weighted by Crippen LogP contribution is 2.27. The Bertz CT molecular complexity index is 753. The molecular formula is C15H16N2O3S. The number of carbonyl (C=O) groups is 1. The van der Waals surface area contributed by atoms with Crippen molar-refractivity contribution < 1.29 is 13.2 Å². The molecule has 0 aliphatic heterocycles. The van der Waals surface area contributed by atoms with Gasteiger partial charge in [0.1, 0.15) is 0 Å². The smallest absolute Gasteiger partial charge is 0.238 e. The first kappa shape index (κ1) is 15.2. The van der Waals surface area contributed by atoms with Gasteiger partial charge in [-0.15, -0.1) is 0 Å². The van der Waals surface area contributed by atoms with Gasteiger partial charge in [0.05, 0.1) is 4.90 Å². The fourth-order valence-corrected chi connectivity index (χ4v) is 2.70. The summed E-state index contributed by atoms with van der Waals surface area (Å²) in [6.07, 6.45) is 0.399. The summed E-state index contributed by atoms with van der Waals surface area (Å²) in [4.78, 5) is 11.4. The highest BCUT2D eigenvalue weighted by atomic mass is 32.2. The zero-order chi connectivity index (χ0) is 15.5. The van der Waals surface area contributed by atoms with Gasteiger partial charge in [-0.05, 0) is 23.8 Å². The number of nitrogens with one attached hydrogen (secondary N) is 1. The summed E-state index contributed by atoms with van der Waals surface area (Å²) in [6.45, 7) is 1.77. The highest BCUT2D eigenvalue weighted by molar-refractivity contribution is 7.89. The lowest BCUT2D eigenvalue weighted by molar-refractivity contribution is -0.115. The summed E-state index contributed by atoms with van der Waals surface area (Å²) in [5.74, 6) is -0.0762. The number of anilines is 1. The van der Waals surface area contributed by atoms with Crippen LogP contribution in [0.1, 0.15) is 13.3 Å².